The van der Waals surface area contributed by atoms with Crippen molar-refractivity contribution in [2.45, 2.75) is 51.7 Å². The first-order valence-electron chi connectivity index (χ1n) is 7.64. The fraction of sp³-hybridized carbons (Fsp3) is 0.471. The standard InChI is InChI=1S/C17H22N2O2/c1-10-7-8-13-12(9-10)11(2)16(18-13)17(21)19-14-5-3-4-6-15(14)20/h7-9,14-15,18,20H,3-6H2,1-2H3,(H,19,21). The van der Waals surface area contributed by atoms with E-state index in [0.29, 0.717) is 5.69 Å². The van der Waals surface area contributed by atoms with Crippen LogP contribution in [0, 0.1) is 13.8 Å². The summed E-state index contributed by atoms with van der Waals surface area (Å²) in [5.74, 6) is -0.118. The topological polar surface area (TPSA) is 65.1 Å². The first-order chi connectivity index (χ1) is 10.1. The molecule has 2 unspecified atom stereocenters. The van der Waals surface area contributed by atoms with E-state index in [4.69, 9.17) is 0 Å². The van der Waals surface area contributed by atoms with Crippen LogP contribution in [0.2, 0.25) is 0 Å². The second-order valence-electron chi connectivity index (χ2n) is 6.11. The van der Waals surface area contributed by atoms with E-state index >= 15 is 0 Å². The molecule has 0 spiro atoms. The number of carbonyl (C=O) groups is 1. The summed E-state index contributed by atoms with van der Waals surface area (Å²) >= 11 is 0. The molecule has 0 bridgehead atoms. The van der Waals surface area contributed by atoms with Crippen LogP contribution in [0.4, 0.5) is 0 Å². The highest BCUT2D eigenvalue weighted by Gasteiger charge is 2.26. The molecule has 0 radical (unpaired) electrons. The predicted octanol–water partition coefficient (Wildman–Crippen LogP) is 2.82. The zero-order valence-electron chi connectivity index (χ0n) is 12.6. The van der Waals surface area contributed by atoms with Gasteiger partial charge in [0.15, 0.2) is 0 Å². The largest absolute Gasteiger partial charge is 0.391 e. The third-order valence-electron chi connectivity index (χ3n) is 4.49. The van der Waals surface area contributed by atoms with Gasteiger partial charge in [-0.2, -0.15) is 0 Å². The van der Waals surface area contributed by atoms with E-state index in [0.717, 1.165) is 42.1 Å². The van der Waals surface area contributed by atoms with Crippen LogP contribution in [0.15, 0.2) is 18.2 Å². The third kappa shape index (κ3) is 2.68. The van der Waals surface area contributed by atoms with Crippen LogP contribution in [0.1, 0.15) is 47.3 Å². The van der Waals surface area contributed by atoms with Gasteiger partial charge < -0.3 is 15.4 Å². The van der Waals surface area contributed by atoms with Gasteiger partial charge in [-0.3, -0.25) is 4.79 Å². The fourth-order valence-electron chi connectivity index (χ4n) is 3.19. The number of carbonyl (C=O) groups excluding carboxylic acids is 1. The number of hydrogen-bond donors (Lipinski definition) is 3. The summed E-state index contributed by atoms with van der Waals surface area (Å²) in [5, 5.41) is 14.1. The maximum Gasteiger partial charge on any atom is 0.268 e. The Balaban J connectivity index is 1.86. The van der Waals surface area contributed by atoms with Crippen molar-refractivity contribution in [1.82, 2.24) is 10.3 Å². The maximum absolute atomic E-state index is 12.5. The molecule has 3 rings (SSSR count). The number of hydrogen-bond acceptors (Lipinski definition) is 2. The van der Waals surface area contributed by atoms with Crippen molar-refractivity contribution in [3.05, 3.63) is 35.0 Å². The summed E-state index contributed by atoms with van der Waals surface area (Å²) < 4.78 is 0. The molecular formula is C17H22N2O2. The number of aryl methyl sites for hydroxylation is 2. The van der Waals surface area contributed by atoms with E-state index in [-0.39, 0.29) is 11.9 Å². The van der Waals surface area contributed by atoms with E-state index in [2.05, 4.69) is 16.4 Å². The number of aliphatic hydroxyl groups is 1. The molecular weight excluding hydrogens is 264 g/mol. The van der Waals surface area contributed by atoms with Crippen molar-refractivity contribution < 1.29 is 9.90 Å². The number of aromatic nitrogens is 1. The second kappa shape index (κ2) is 5.53. The number of H-pyrrole nitrogens is 1. The zero-order chi connectivity index (χ0) is 15.0. The molecule has 1 aliphatic rings. The Kier molecular flexibility index (Phi) is 3.72. The highest BCUT2D eigenvalue weighted by molar-refractivity contribution is 6.01. The van der Waals surface area contributed by atoms with Crippen LogP contribution in [0.25, 0.3) is 10.9 Å². The Morgan fingerprint density at radius 1 is 1.29 bits per heavy atom. The summed E-state index contributed by atoms with van der Waals surface area (Å²) in [6.07, 6.45) is 3.31. The van der Waals surface area contributed by atoms with Crippen LogP contribution in [-0.2, 0) is 0 Å². The predicted molar refractivity (Wildman–Crippen MR) is 83.5 cm³/mol. The number of aliphatic hydroxyl groups excluding tert-OH is 1. The molecule has 1 saturated carbocycles. The number of nitrogens with one attached hydrogen (secondary N) is 2. The molecule has 1 aromatic heterocycles. The van der Waals surface area contributed by atoms with Crippen molar-refractivity contribution in [2.24, 2.45) is 0 Å². The van der Waals surface area contributed by atoms with Gasteiger partial charge in [-0.25, -0.2) is 0 Å². The first kappa shape index (κ1) is 14.1. The number of rotatable bonds is 2. The first-order valence-corrected chi connectivity index (χ1v) is 7.64. The molecule has 1 aliphatic carbocycles. The molecule has 4 nitrogen and oxygen atoms in total. The summed E-state index contributed by atoms with van der Waals surface area (Å²) in [7, 11) is 0. The average Bonchev–Trinajstić information content (AvgIpc) is 2.79. The highest BCUT2D eigenvalue weighted by Crippen LogP contribution is 2.24. The number of fused-ring (bicyclic) bond motifs is 1. The minimum absolute atomic E-state index is 0.118. The van der Waals surface area contributed by atoms with Crippen LogP contribution in [-0.4, -0.2) is 28.1 Å². The van der Waals surface area contributed by atoms with Gasteiger partial charge in [0.2, 0.25) is 0 Å². The summed E-state index contributed by atoms with van der Waals surface area (Å²) in [5.41, 5.74) is 3.73. The van der Waals surface area contributed by atoms with E-state index in [1.54, 1.807) is 0 Å². The van der Waals surface area contributed by atoms with Gasteiger partial charge in [-0.15, -0.1) is 0 Å². The lowest BCUT2D eigenvalue weighted by atomic mass is 9.92. The van der Waals surface area contributed by atoms with E-state index in [9.17, 15) is 9.90 Å². The van der Waals surface area contributed by atoms with Crippen LogP contribution in [0.3, 0.4) is 0 Å². The lowest BCUT2D eigenvalue weighted by Crippen LogP contribution is -2.45. The van der Waals surface area contributed by atoms with Crippen molar-refractivity contribution in [2.75, 3.05) is 0 Å². The smallest absolute Gasteiger partial charge is 0.268 e. The van der Waals surface area contributed by atoms with Gasteiger partial charge in [0.25, 0.3) is 5.91 Å². The van der Waals surface area contributed by atoms with Gasteiger partial charge in [-0.1, -0.05) is 24.5 Å². The fourth-order valence-corrected chi connectivity index (χ4v) is 3.19. The van der Waals surface area contributed by atoms with E-state index in [1.807, 2.05) is 26.0 Å². The van der Waals surface area contributed by atoms with Gasteiger partial charge in [0.1, 0.15) is 5.69 Å². The molecule has 1 amide bonds. The maximum atomic E-state index is 12.5. The third-order valence-corrected chi connectivity index (χ3v) is 4.49. The van der Waals surface area contributed by atoms with Gasteiger partial charge in [0.05, 0.1) is 12.1 Å². The number of amides is 1. The molecule has 1 heterocycles. The average molecular weight is 286 g/mol. The molecule has 0 aliphatic heterocycles. The molecule has 2 aromatic rings. The number of benzene rings is 1. The van der Waals surface area contributed by atoms with E-state index < -0.39 is 6.10 Å². The molecule has 3 N–H and O–H groups in total. The molecule has 1 fully saturated rings. The Bertz CT molecular complexity index is 675. The van der Waals surface area contributed by atoms with Crippen LogP contribution in [0.5, 0.6) is 0 Å². The molecule has 2 atom stereocenters. The number of aromatic amines is 1. The monoisotopic (exact) mass is 286 g/mol. The summed E-state index contributed by atoms with van der Waals surface area (Å²) in [4.78, 5) is 15.7. The van der Waals surface area contributed by atoms with Crippen molar-refractivity contribution in [3.8, 4) is 0 Å². The normalized spacial score (nSPS) is 22.4. The molecule has 112 valence electrons. The Morgan fingerprint density at radius 3 is 2.81 bits per heavy atom. The second-order valence-corrected chi connectivity index (χ2v) is 6.11. The van der Waals surface area contributed by atoms with Crippen molar-refractivity contribution in [3.63, 3.8) is 0 Å². The summed E-state index contributed by atoms with van der Waals surface area (Å²) in [6, 6.07) is 6.00. The Hall–Kier alpha value is -1.81. The lowest BCUT2D eigenvalue weighted by Gasteiger charge is -2.28. The quantitative estimate of drug-likeness (QED) is 0.795. The molecule has 4 heteroatoms. The molecule has 0 saturated heterocycles. The molecule has 21 heavy (non-hydrogen) atoms. The SMILES string of the molecule is Cc1ccc2[nH]c(C(=O)NC3CCCCC3O)c(C)c2c1. The van der Waals surface area contributed by atoms with Gasteiger partial charge in [0, 0.05) is 10.9 Å². The minimum atomic E-state index is -0.422. The van der Waals surface area contributed by atoms with Crippen LogP contribution >= 0.6 is 0 Å². The minimum Gasteiger partial charge on any atom is -0.391 e. The Morgan fingerprint density at radius 2 is 2.05 bits per heavy atom. The molecule has 1 aromatic carbocycles. The Labute approximate surface area is 124 Å². The van der Waals surface area contributed by atoms with Gasteiger partial charge >= 0.3 is 0 Å². The summed E-state index contributed by atoms with van der Waals surface area (Å²) in [6.45, 7) is 4.01. The van der Waals surface area contributed by atoms with Crippen LogP contribution < -0.4 is 5.32 Å². The van der Waals surface area contributed by atoms with Crippen molar-refractivity contribution >= 4 is 16.8 Å². The lowest BCUT2D eigenvalue weighted by molar-refractivity contribution is 0.0714. The van der Waals surface area contributed by atoms with Gasteiger partial charge in [-0.05, 0) is 44.4 Å². The highest BCUT2D eigenvalue weighted by atomic mass is 16.3. The zero-order valence-corrected chi connectivity index (χ0v) is 12.6. The van der Waals surface area contributed by atoms with Crippen molar-refractivity contribution in [1.29, 1.82) is 0 Å². The van der Waals surface area contributed by atoms with E-state index in [1.165, 1.54) is 5.56 Å².